The van der Waals surface area contributed by atoms with Crippen molar-refractivity contribution >= 4 is 5.97 Å². The maximum absolute atomic E-state index is 10.5. The van der Waals surface area contributed by atoms with Gasteiger partial charge in [-0.2, -0.15) is 0 Å². The molecule has 1 saturated heterocycles. The highest BCUT2D eigenvalue weighted by atomic mass is 16.5. The van der Waals surface area contributed by atoms with E-state index in [1.807, 2.05) is 6.92 Å². The minimum Gasteiger partial charge on any atom is -0.480 e. The van der Waals surface area contributed by atoms with Crippen LogP contribution in [0.25, 0.3) is 0 Å². The van der Waals surface area contributed by atoms with Crippen LogP contribution in [-0.2, 0) is 9.53 Å². The van der Waals surface area contributed by atoms with E-state index in [0.717, 1.165) is 0 Å². The van der Waals surface area contributed by atoms with Crippen molar-refractivity contribution in [3.05, 3.63) is 0 Å². The van der Waals surface area contributed by atoms with Gasteiger partial charge in [-0.15, -0.1) is 0 Å². The normalized spacial score (nSPS) is 38.5. The molecule has 11 heavy (non-hydrogen) atoms. The molecule has 1 aliphatic heterocycles. The van der Waals surface area contributed by atoms with Gasteiger partial charge in [0.1, 0.15) is 6.04 Å². The average Bonchev–Trinajstić information content (AvgIpc) is 1.85. The molecule has 1 rings (SSSR count). The van der Waals surface area contributed by atoms with Crippen molar-refractivity contribution in [2.45, 2.75) is 32.1 Å². The Hall–Kier alpha value is -0.610. The van der Waals surface area contributed by atoms with Crippen molar-refractivity contribution in [2.24, 2.45) is 0 Å². The molecule has 0 spiro atoms. The lowest BCUT2D eigenvalue weighted by Gasteiger charge is -2.31. The summed E-state index contributed by atoms with van der Waals surface area (Å²) >= 11 is 0. The van der Waals surface area contributed by atoms with Crippen molar-refractivity contribution in [1.82, 2.24) is 5.32 Å². The van der Waals surface area contributed by atoms with E-state index in [0.29, 0.717) is 6.54 Å². The molecule has 1 aliphatic rings. The maximum atomic E-state index is 10.5. The van der Waals surface area contributed by atoms with Gasteiger partial charge in [-0.1, -0.05) is 0 Å². The molecule has 0 amide bonds. The van der Waals surface area contributed by atoms with Gasteiger partial charge < -0.3 is 9.84 Å². The van der Waals surface area contributed by atoms with Gasteiger partial charge in [-0.05, 0) is 13.8 Å². The molecule has 1 heterocycles. The number of carboxylic acid groups (broad SMARTS) is 1. The monoisotopic (exact) mass is 159 g/mol. The molecule has 0 bridgehead atoms. The van der Waals surface area contributed by atoms with Gasteiger partial charge in [0.2, 0.25) is 0 Å². The Morgan fingerprint density at radius 3 is 2.73 bits per heavy atom. The highest BCUT2D eigenvalue weighted by molar-refractivity contribution is 5.74. The molecular formula is C7H13NO3. The smallest absolute Gasteiger partial charge is 0.323 e. The molecular weight excluding hydrogens is 146 g/mol. The Bertz CT molecular complexity index is 160. The van der Waals surface area contributed by atoms with Crippen molar-refractivity contribution in [3.8, 4) is 0 Å². The molecule has 1 unspecified atom stereocenters. The van der Waals surface area contributed by atoms with Crippen molar-refractivity contribution < 1.29 is 14.6 Å². The summed E-state index contributed by atoms with van der Waals surface area (Å²) in [6.07, 6.45) is -0.128. The van der Waals surface area contributed by atoms with E-state index in [4.69, 9.17) is 9.84 Å². The number of carboxylic acids is 1. The van der Waals surface area contributed by atoms with Crippen LogP contribution in [0.1, 0.15) is 13.8 Å². The molecule has 0 aliphatic carbocycles. The van der Waals surface area contributed by atoms with E-state index in [1.54, 1.807) is 6.92 Å². The fourth-order valence-electron chi connectivity index (χ4n) is 1.24. The summed E-state index contributed by atoms with van der Waals surface area (Å²) in [5, 5.41) is 11.5. The first-order chi connectivity index (χ1) is 5.11. The van der Waals surface area contributed by atoms with Crippen molar-refractivity contribution in [3.63, 3.8) is 0 Å². The van der Waals surface area contributed by atoms with Crippen LogP contribution in [-0.4, -0.2) is 35.9 Å². The van der Waals surface area contributed by atoms with Crippen LogP contribution in [0.2, 0.25) is 0 Å². The molecule has 0 radical (unpaired) electrons. The Morgan fingerprint density at radius 2 is 2.27 bits per heavy atom. The molecule has 0 aromatic carbocycles. The van der Waals surface area contributed by atoms with Gasteiger partial charge in [-0.3, -0.25) is 10.1 Å². The number of nitrogens with one attached hydrogen (secondary N) is 1. The lowest BCUT2D eigenvalue weighted by molar-refractivity contribution is -0.148. The summed E-state index contributed by atoms with van der Waals surface area (Å²) in [6, 6.07) is -0.550. The number of rotatable bonds is 1. The fourth-order valence-corrected chi connectivity index (χ4v) is 1.24. The van der Waals surface area contributed by atoms with E-state index in [1.165, 1.54) is 0 Å². The second-order valence-electron chi connectivity index (χ2n) is 2.88. The van der Waals surface area contributed by atoms with Crippen LogP contribution in [0.4, 0.5) is 0 Å². The highest BCUT2D eigenvalue weighted by Crippen LogP contribution is 2.08. The second-order valence-corrected chi connectivity index (χ2v) is 2.88. The van der Waals surface area contributed by atoms with Crippen LogP contribution >= 0.6 is 0 Å². The second kappa shape index (κ2) is 3.19. The number of hydrogen-bond donors (Lipinski definition) is 2. The van der Waals surface area contributed by atoms with E-state index in [2.05, 4.69) is 5.32 Å². The predicted molar refractivity (Wildman–Crippen MR) is 39.4 cm³/mol. The first kappa shape index (κ1) is 8.49. The topological polar surface area (TPSA) is 58.6 Å². The minimum absolute atomic E-state index is 0.112. The number of hydrogen-bond acceptors (Lipinski definition) is 3. The Kier molecular flexibility index (Phi) is 2.46. The number of ether oxygens (including phenoxy) is 1. The van der Waals surface area contributed by atoms with E-state index < -0.39 is 12.0 Å². The molecule has 2 N–H and O–H groups in total. The predicted octanol–water partition coefficient (Wildman–Crippen LogP) is -0.164. The zero-order valence-electron chi connectivity index (χ0n) is 6.70. The molecule has 1 fully saturated rings. The van der Waals surface area contributed by atoms with Crippen LogP contribution in [0.15, 0.2) is 0 Å². The van der Waals surface area contributed by atoms with Crippen LogP contribution in [0.3, 0.4) is 0 Å². The largest absolute Gasteiger partial charge is 0.480 e. The summed E-state index contributed by atoms with van der Waals surface area (Å²) in [4.78, 5) is 10.5. The summed E-state index contributed by atoms with van der Waals surface area (Å²) in [5.74, 6) is -0.843. The molecule has 4 nitrogen and oxygen atoms in total. The average molecular weight is 159 g/mol. The molecule has 0 aromatic heterocycles. The SMILES string of the molecule is C[C@@H]1O[C@@H](C)CNC1C(=O)O. The summed E-state index contributed by atoms with van der Waals surface area (Å²) in [7, 11) is 0. The quantitative estimate of drug-likeness (QED) is 0.558. The van der Waals surface area contributed by atoms with E-state index in [9.17, 15) is 4.79 Å². The standard InChI is InChI=1S/C7H13NO3/c1-4-3-8-6(7(9)10)5(2)11-4/h4-6,8H,3H2,1-2H3,(H,9,10)/t4-,5-,6?/m0/s1. The first-order valence-corrected chi connectivity index (χ1v) is 3.73. The maximum Gasteiger partial charge on any atom is 0.323 e. The zero-order valence-corrected chi connectivity index (χ0v) is 6.70. The fraction of sp³-hybridized carbons (Fsp3) is 0.857. The van der Waals surface area contributed by atoms with Gasteiger partial charge in [0.15, 0.2) is 0 Å². The van der Waals surface area contributed by atoms with E-state index in [-0.39, 0.29) is 12.2 Å². The minimum atomic E-state index is -0.843. The molecule has 64 valence electrons. The Morgan fingerprint density at radius 1 is 1.64 bits per heavy atom. The molecule has 3 atom stereocenters. The summed E-state index contributed by atoms with van der Waals surface area (Å²) < 4.78 is 5.32. The molecule has 0 saturated carbocycles. The van der Waals surface area contributed by atoms with Crippen LogP contribution in [0.5, 0.6) is 0 Å². The number of carbonyl (C=O) groups is 1. The van der Waals surface area contributed by atoms with Crippen molar-refractivity contribution in [1.29, 1.82) is 0 Å². The van der Waals surface area contributed by atoms with Gasteiger partial charge in [0.25, 0.3) is 0 Å². The number of morpholine rings is 1. The Labute approximate surface area is 65.5 Å². The molecule has 4 heteroatoms. The van der Waals surface area contributed by atoms with Gasteiger partial charge in [0, 0.05) is 6.54 Å². The third kappa shape index (κ3) is 1.91. The third-order valence-electron chi connectivity index (χ3n) is 1.81. The van der Waals surface area contributed by atoms with Gasteiger partial charge in [-0.25, -0.2) is 0 Å². The van der Waals surface area contributed by atoms with Gasteiger partial charge in [0.05, 0.1) is 12.2 Å². The van der Waals surface area contributed by atoms with E-state index >= 15 is 0 Å². The lowest BCUT2D eigenvalue weighted by Crippen LogP contribution is -2.54. The first-order valence-electron chi connectivity index (χ1n) is 3.73. The summed E-state index contributed by atoms with van der Waals surface area (Å²) in [5.41, 5.74) is 0. The Balaban J connectivity index is 2.50. The third-order valence-corrected chi connectivity index (χ3v) is 1.81. The highest BCUT2D eigenvalue weighted by Gasteiger charge is 2.30. The molecule has 0 aromatic rings. The van der Waals surface area contributed by atoms with Crippen LogP contribution in [0, 0.1) is 0 Å². The van der Waals surface area contributed by atoms with Gasteiger partial charge >= 0.3 is 5.97 Å². The van der Waals surface area contributed by atoms with Crippen molar-refractivity contribution in [2.75, 3.05) is 6.54 Å². The lowest BCUT2D eigenvalue weighted by atomic mass is 10.1. The zero-order chi connectivity index (χ0) is 8.43. The number of aliphatic carboxylic acids is 1. The van der Waals surface area contributed by atoms with Crippen LogP contribution < -0.4 is 5.32 Å². The summed E-state index contributed by atoms with van der Waals surface area (Å²) in [6.45, 7) is 4.30.